The summed E-state index contributed by atoms with van der Waals surface area (Å²) in [4.78, 5) is 23.5. The van der Waals surface area contributed by atoms with Gasteiger partial charge in [0.15, 0.2) is 0 Å². The molecule has 0 aliphatic heterocycles. The number of nitrogens with zero attached hydrogens (tertiary/aromatic N) is 1. The summed E-state index contributed by atoms with van der Waals surface area (Å²) in [6.45, 7) is 0.340. The van der Waals surface area contributed by atoms with E-state index in [4.69, 9.17) is 16.9 Å². The number of rotatable bonds is 6. The summed E-state index contributed by atoms with van der Waals surface area (Å²) in [5.74, 6) is -0.643. The molecule has 0 spiro atoms. The molecular formula is C18H16ClN3O3. The average molecular weight is 358 g/mol. The number of hydrogen-bond acceptors (Lipinski definition) is 5. The number of esters is 1. The van der Waals surface area contributed by atoms with Gasteiger partial charge in [-0.2, -0.15) is 5.26 Å². The third-order valence-corrected chi connectivity index (χ3v) is 3.68. The van der Waals surface area contributed by atoms with Crippen molar-refractivity contribution < 1.29 is 14.3 Å². The van der Waals surface area contributed by atoms with Crippen molar-refractivity contribution in [3.63, 3.8) is 0 Å². The second kappa shape index (κ2) is 8.71. The number of halogens is 1. The summed E-state index contributed by atoms with van der Waals surface area (Å²) in [5, 5.41) is 14.9. The van der Waals surface area contributed by atoms with Crippen LogP contribution in [0.3, 0.4) is 0 Å². The third-order valence-electron chi connectivity index (χ3n) is 3.35. The molecule has 2 rings (SSSR count). The number of nitrogens with one attached hydrogen (secondary N) is 2. The minimum atomic E-state index is -0.460. The van der Waals surface area contributed by atoms with Crippen molar-refractivity contribution in [1.29, 1.82) is 5.26 Å². The Morgan fingerprint density at radius 2 is 1.92 bits per heavy atom. The third kappa shape index (κ3) is 5.23. The number of carbonyl (C=O) groups excluding carboxylic acids is 2. The maximum Gasteiger partial charge on any atom is 0.337 e. The topological polar surface area (TPSA) is 91.2 Å². The van der Waals surface area contributed by atoms with Gasteiger partial charge in [0.25, 0.3) is 0 Å². The molecule has 0 fully saturated rings. The van der Waals surface area contributed by atoms with Crippen LogP contribution in [0, 0.1) is 11.3 Å². The van der Waals surface area contributed by atoms with Crippen molar-refractivity contribution in [2.45, 2.75) is 6.42 Å². The Bertz CT molecular complexity index is 813. The summed E-state index contributed by atoms with van der Waals surface area (Å²) in [6, 6.07) is 13.3. The van der Waals surface area contributed by atoms with Crippen LogP contribution in [-0.4, -0.2) is 25.5 Å². The second-order valence-electron chi connectivity index (χ2n) is 5.10. The molecule has 2 N–H and O–H groups in total. The molecule has 0 heterocycles. The van der Waals surface area contributed by atoms with Crippen molar-refractivity contribution in [3.05, 3.63) is 58.6 Å². The molecule has 0 saturated heterocycles. The Labute approximate surface area is 150 Å². The number of ether oxygens (including phenoxy) is 1. The Morgan fingerprint density at radius 3 is 2.56 bits per heavy atom. The Balaban J connectivity index is 1.88. The van der Waals surface area contributed by atoms with Gasteiger partial charge in [0.1, 0.15) is 0 Å². The average Bonchev–Trinajstić information content (AvgIpc) is 2.63. The van der Waals surface area contributed by atoms with Crippen molar-refractivity contribution in [1.82, 2.24) is 0 Å². The lowest BCUT2D eigenvalue weighted by molar-refractivity contribution is -0.115. The minimum Gasteiger partial charge on any atom is -0.465 e. The lowest BCUT2D eigenvalue weighted by Crippen LogP contribution is -2.16. The van der Waals surface area contributed by atoms with E-state index >= 15 is 0 Å². The standard InChI is InChI=1S/C18H16ClN3O3/c1-25-18(24)13-4-7-15(19)16(10-13)21-9-8-17(23)22-14-5-2-12(11-20)3-6-14/h2-7,10,21H,8-9H2,1H3,(H,22,23). The molecule has 2 aromatic rings. The minimum absolute atomic E-state index is 0.183. The highest BCUT2D eigenvalue weighted by atomic mass is 35.5. The van der Waals surface area contributed by atoms with E-state index in [1.165, 1.54) is 7.11 Å². The molecule has 0 radical (unpaired) electrons. The molecule has 7 heteroatoms. The lowest BCUT2D eigenvalue weighted by Gasteiger charge is -2.10. The first-order valence-electron chi connectivity index (χ1n) is 7.45. The summed E-state index contributed by atoms with van der Waals surface area (Å²) in [5.41, 5.74) is 2.07. The molecule has 6 nitrogen and oxygen atoms in total. The normalized spacial score (nSPS) is 9.80. The largest absolute Gasteiger partial charge is 0.465 e. The van der Waals surface area contributed by atoms with E-state index in [1.807, 2.05) is 6.07 Å². The van der Waals surface area contributed by atoms with Gasteiger partial charge < -0.3 is 15.4 Å². The monoisotopic (exact) mass is 357 g/mol. The van der Waals surface area contributed by atoms with Gasteiger partial charge in [0, 0.05) is 18.7 Å². The molecule has 128 valence electrons. The molecule has 0 atom stereocenters. The fourth-order valence-electron chi connectivity index (χ4n) is 2.07. The van der Waals surface area contributed by atoms with Crippen molar-refractivity contribution in [2.24, 2.45) is 0 Å². The van der Waals surface area contributed by atoms with Gasteiger partial charge in [-0.15, -0.1) is 0 Å². The number of benzene rings is 2. The molecule has 0 aromatic heterocycles. The number of hydrogen-bond donors (Lipinski definition) is 2. The van der Waals surface area contributed by atoms with Gasteiger partial charge in [-0.05, 0) is 42.5 Å². The summed E-state index contributed by atoms with van der Waals surface area (Å²) in [7, 11) is 1.30. The predicted molar refractivity (Wildman–Crippen MR) is 95.7 cm³/mol. The van der Waals surface area contributed by atoms with Crippen molar-refractivity contribution in [2.75, 3.05) is 24.3 Å². The van der Waals surface area contributed by atoms with Gasteiger partial charge in [-0.25, -0.2) is 4.79 Å². The van der Waals surface area contributed by atoms with Crippen molar-refractivity contribution >= 4 is 34.9 Å². The van der Waals surface area contributed by atoms with Crippen LogP contribution in [0.25, 0.3) is 0 Å². The zero-order valence-corrected chi connectivity index (χ0v) is 14.3. The fraction of sp³-hybridized carbons (Fsp3) is 0.167. The number of anilines is 2. The van der Waals surface area contributed by atoms with Crippen LogP contribution in [0.4, 0.5) is 11.4 Å². The Kier molecular flexibility index (Phi) is 6.38. The summed E-state index contributed by atoms with van der Waals surface area (Å²) in [6.07, 6.45) is 0.207. The predicted octanol–water partition coefficient (Wildman–Crippen LogP) is 3.44. The highest BCUT2D eigenvalue weighted by Gasteiger charge is 2.09. The molecule has 0 aliphatic rings. The van der Waals surface area contributed by atoms with Gasteiger partial charge in [-0.1, -0.05) is 11.6 Å². The van der Waals surface area contributed by atoms with Crippen LogP contribution < -0.4 is 10.6 Å². The summed E-state index contributed by atoms with van der Waals surface area (Å²) < 4.78 is 4.66. The van der Waals surface area contributed by atoms with Crippen LogP contribution in [0.2, 0.25) is 5.02 Å². The number of nitriles is 1. The number of methoxy groups -OCH3 is 1. The van der Waals surface area contributed by atoms with E-state index in [9.17, 15) is 9.59 Å². The molecule has 0 bridgehead atoms. The number of carbonyl (C=O) groups is 2. The molecule has 0 unspecified atom stereocenters. The highest BCUT2D eigenvalue weighted by molar-refractivity contribution is 6.33. The SMILES string of the molecule is COC(=O)c1ccc(Cl)c(NCCC(=O)Nc2ccc(C#N)cc2)c1. The smallest absolute Gasteiger partial charge is 0.337 e. The Morgan fingerprint density at radius 1 is 1.20 bits per heavy atom. The van der Waals surface area contributed by atoms with E-state index in [2.05, 4.69) is 15.4 Å². The van der Waals surface area contributed by atoms with E-state index in [-0.39, 0.29) is 12.3 Å². The quantitative estimate of drug-likeness (QED) is 0.773. The van der Waals surface area contributed by atoms with Gasteiger partial charge in [0.05, 0.1) is 35.0 Å². The first-order chi connectivity index (χ1) is 12.0. The van der Waals surface area contributed by atoms with Gasteiger partial charge >= 0.3 is 5.97 Å². The molecule has 25 heavy (non-hydrogen) atoms. The molecule has 1 amide bonds. The Hall–Kier alpha value is -3.04. The maximum atomic E-state index is 11.9. The van der Waals surface area contributed by atoms with E-state index in [0.29, 0.717) is 34.1 Å². The molecule has 0 saturated carbocycles. The van der Waals surface area contributed by atoms with Crippen LogP contribution in [-0.2, 0) is 9.53 Å². The van der Waals surface area contributed by atoms with E-state index < -0.39 is 5.97 Å². The van der Waals surface area contributed by atoms with Crippen LogP contribution in [0.1, 0.15) is 22.3 Å². The second-order valence-corrected chi connectivity index (χ2v) is 5.51. The zero-order valence-electron chi connectivity index (χ0n) is 13.5. The fourth-order valence-corrected chi connectivity index (χ4v) is 2.25. The van der Waals surface area contributed by atoms with Gasteiger partial charge in [0.2, 0.25) is 5.91 Å². The lowest BCUT2D eigenvalue weighted by atomic mass is 10.2. The summed E-state index contributed by atoms with van der Waals surface area (Å²) >= 11 is 6.08. The van der Waals surface area contributed by atoms with Crippen LogP contribution >= 0.6 is 11.6 Å². The van der Waals surface area contributed by atoms with Gasteiger partial charge in [-0.3, -0.25) is 4.79 Å². The maximum absolute atomic E-state index is 11.9. The highest BCUT2D eigenvalue weighted by Crippen LogP contribution is 2.23. The van der Waals surface area contributed by atoms with Crippen molar-refractivity contribution in [3.8, 4) is 6.07 Å². The first kappa shape index (κ1) is 18.3. The number of amides is 1. The van der Waals surface area contributed by atoms with Crippen LogP contribution in [0.15, 0.2) is 42.5 Å². The zero-order chi connectivity index (χ0) is 18.2. The van der Waals surface area contributed by atoms with E-state index in [0.717, 1.165) is 0 Å². The molecule has 2 aromatic carbocycles. The molecular weight excluding hydrogens is 342 g/mol. The van der Waals surface area contributed by atoms with E-state index in [1.54, 1.807) is 42.5 Å². The molecule has 0 aliphatic carbocycles. The van der Waals surface area contributed by atoms with Crippen LogP contribution in [0.5, 0.6) is 0 Å². The first-order valence-corrected chi connectivity index (χ1v) is 7.83.